The summed E-state index contributed by atoms with van der Waals surface area (Å²) in [6, 6.07) is 0.0733. The van der Waals surface area contributed by atoms with Crippen molar-refractivity contribution in [2.24, 2.45) is 5.41 Å². The second-order valence-electron chi connectivity index (χ2n) is 6.17. The van der Waals surface area contributed by atoms with Gasteiger partial charge in [-0.3, -0.25) is 4.79 Å². The maximum atomic E-state index is 11.8. The largest absolute Gasteiger partial charge is 0.476 e. The zero-order valence-corrected chi connectivity index (χ0v) is 12.4. The van der Waals surface area contributed by atoms with Gasteiger partial charge in [0.2, 0.25) is 5.91 Å². The van der Waals surface area contributed by atoms with Crippen LogP contribution >= 0.6 is 0 Å². The SMILES string of the molecule is CC(CCC(C)(C)C)NC(=O)Cn1cc(C(=O)O)nn1. The summed E-state index contributed by atoms with van der Waals surface area (Å²) in [6.07, 6.45) is 3.15. The van der Waals surface area contributed by atoms with Crippen molar-refractivity contribution in [1.82, 2.24) is 20.3 Å². The highest BCUT2D eigenvalue weighted by atomic mass is 16.4. The standard InChI is InChI=1S/C13H22N4O3/c1-9(5-6-13(2,3)4)14-11(18)8-17-7-10(12(19)20)15-16-17/h7,9H,5-6,8H2,1-4H3,(H,14,18)(H,19,20). The number of carboxylic acid groups (broad SMARTS) is 1. The molecule has 112 valence electrons. The van der Waals surface area contributed by atoms with Crippen molar-refractivity contribution in [1.29, 1.82) is 0 Å². The number of hydrogen-bond donors (Lipinski definition) is 2. The first-order valence-corrected chi connectivity index (χ1v) is 6.60. The Morgan fingerprint density at radius 3 is 2.60 bits per heavy atom. The summed E-state index contributed by atoms with van der Waals surface area (Å²) in [5.41, 5.74) is 0.0694. The molecule has 1 amide bonds. The van der Waals surface area contributed by atoms with Crippen LogP contribution in [0, 0.1) is 5.41 Å². The van der Waals surface area contributed by atoms with E-state index in [-0.39, 0.29) is 29.6 Å². The lowest BCUT2D eigenvalue weighted by atomic mass is 9.89. The summed E-state index contributed by atoms with van der Waals surface area (Å²) in [4.78, 5) is 22.4. The van der Waals surface area contributed by atoms with Gasteiger partial charge in [0, 0.05) is 6.04 Å². The van der Waals surface area contributed by atoms with Gasteiger partial charge >= 0.3 is 5.97 Å². The van der Waals surface area contributed by atoms with Gasteiger partial charge in [0.1, 0.15) is 6.54 Å². The van der Waals surface area contributed by atoms with Gasteiger partial charge in [-0.1, -0.05) is 26.0 Å². The molecule has 2 N–H and O–H groups in total. The van der Waals surface area contributed by atoms with Crippen LogP contribution in [0.1, 0.15) is 51.0 Å². The van der Waals surface area contributed by atoms with Crippen molar-refractivity contribution in [3.05, 3.63) is 11.9 Å². The Kier molecular flexibility index (Phi) is 5.24. The molecule has 0 aliphatic carbocycles. The summed E-state index contributed by atoms with van der Waals surface area (Å²) in [5.74, 6) is -1.36. The summed E-state index contributed by atoms with van der Waals surface area (Å²) in [6.45, 7) is 8.40. The van der Waals surface area contributed by atoms with Crippen molar-refractivity contribution < 1.29 is 14.7 Å². The van der Waals surface area contributed by atoms with Crippen LogP contribution < -0.4 is 5.32 Å². The van der Waals surface area contributed by atoms with Crippen LogP contribution in [0.15, 0.2) is 6.20 Å². The van der Waals surface area contributed by atoms with E-state index >= 15 is 0 Å². The smallest absolute Gasteiger partial charge is 0.358 e. The van der Waals surface area contributed by atoms with E-state index < -0.39 is 5.97 Å². The highest BCUT2D eigenvalue weighted by Crippen LogP contribution is 2.21. The third-order valence-corrected chi connectivity index (χ3v) is 2.80. The molecule has 0 bridgehead atoms. The third kappa shape index (κ3) is 5.81. The summed E-state index contributed by atoms with van der Waals surface area (Å²) >= 11 is 0. The van der Waals surface area contributed by atoms with Crippen molar-refractivity contribution >= 4 is 11.9 Å². The van der Waals surface area contributed by atoms with Gasteiger partial charge in [-0.05, 0) is 25.2 Å². The maximum absolute atomic E-state index is 11.8. The van der Waals surface area contributed by atoms with E-state index in [1.54, 1.807) is 0 Å². The summed E-state index contributed by atoms with van der Waals surface area (Å²) < 4.78 is 1.22. The monoisotopic (exact) mass is 282 g/mol. The fourth-order valence-electron chi connectivity index (χ4n) is 1.66. The maximum Gasteiger partial charge on any atom is 0.358 e. The van der Waals surface area contributed by atoms with E-state index in [0.29, 0.717) is 0 Å². The lowest BCUT2D eigenvalue weighted by Gasteiger charge is -2.21. The van der Waals surface area contributed by atoms with E-state index in [1.807, 2.05) is 6.92 Å². The number of carboxylic acids is 1. The van der Waals surface area contributed by atoms with Gasteiger partial charge in [-0.25, -0.2) is 9.48 Å². The number of hydrogen-bond acceptors (Lipinski definition) is 4. The first kappa shape index (κ1) is 16.1. The van der Waals surface area contributed by atoms with E-state index in [1.165, 1.54) is 10.9 Å². The minimum absolute atomic E-state index is 0.0276. The molecule has 20 heavy (non-hydrogen) atoms. The third-order valence-electron chi connectivity index (χ3n) is 2.80. The summed E-state index contributed by atoms with van der Waals surface area (Å²) in [7, 11) is 0. The van der Waals surface area contributed by atoms with Crippen LogP contribution in [-0.2, 0) is 11.3 Å². The first-order valence-electron chi connectivity index (χ1n) is 6.60. The van der Waals surface area contributed by atoms with Crippen molar-refractivity contribution in [2.75, 3.05) is 0 Å². The fourth-order valence-corrected chi connectivity index (χ4v) is 1.66. The van der Waals surface area contributed by atoms with Gasteiger partial charge < -0.3 is 10.4 Å². The molecule has 0 spiro atoms. The van der Waals surface area contributed by atoms with Gasteiger partial charge in [0.15, 0.2) is 5.69 Å². The Bertz CT molecular complexity index is 476. The van der Waals surface area contributed by atoms with Crippen LogP contribution in [0.4, 0.5) is 0 Å². The van der Waals surface area contributed by atoms with Crippen molar-refractivity contribution in [3.8, 4) is 0 Å². The van der Waals surface area contributed by atoms with Gasteiger partial charge in [-0.2, -0.15) is 0 Å². The van der Waals surface area contributed by atoms with E-state index in [4.69, 9.17) is 5.11 Å². The molecule has 0 fully saturated rings. The number of aromatic carboxylic acids is 1. The Balaban J connectivity index is 2.40. The lowest BCUT2D eigenvalue weighted by Crippen LogP contribution is -2.35. The molecule has 0 aromatic carbocycles. The molecule has 7 nitrogen and oxygen atoms in total. The molecule has 0 radical (unpaired) electrons. The molecule has 1 heterocycles. The molecule has 0 saturated heterocycles. The van der Waals surface area contributed by atoms with Crippen LogP contribution in [-0.4, -0.2) is 38.0 Å². The number of amides is 1. The Hall–Kier alpha value is -1.92. The quantitative estimate of drug-likeness (QED) is 0.819. The summed E-state index contributed by atoms with van der Waals surface area (Å²) in [5, 5.41) is 18.6. The predicted octanol–water partition coefficient (Wildman–Crippen LogP) is 1.31. The zero-order chi connectivity index (χ0) is 15.3. The van der Waals surface area contributed by atoms with E-state index in [2.05, 4.69) is 36.4 Å². The highest BCUT2D eigenvalue weighted by molar-refractivity contribution is 5.84. The predicted molar refractivity (Wildman–Crippen MR) is 73.3 cm³/mol. The zero-order valence-electron chi connectivity index (χ0n) is 12.4. The van der Waals surface area contributed by atoms with Gasteiger partial charge in [0.25, 0.3) is 0 Å². The topological polar surface area (TPSA) is 97.1 Å². The second kappa shape index (κ2) is 6.49. The highest BCUT2D eigenvalue weighted by Gasteiger charge is 2.15. The van der Waals surface area contributed by atoms with E-state index in [9.17, 15) is 9.59 Å². The Morgan fingerprint density at radius 2 is 2.10 bits per heavy atom. The molecule has 0 aliphatic rings. The minimum atomic E-state index is -1.16. The molecular formula is C13H22N4O3. The normalized spacial score (nSPS) is 13.0. The average Bonchev–Trinajstić information content (AvgIpc) is 2.74. The van der Waals surface area contributed by atoms with Crippen molar-refractivity contribution in [2.45, 2.75) is 53.1 Å². The number of carbonyl (C=O) groups is 2. The fraction of sp³-hybridized carbons (Fsp3) is 0.692. The van der Waals surface area contributed by atoms with Crippen LogP contribution in [0.2, 0.25) is 0 Å². The lowest BCUT2D eigenvalue weighted by molar-refractivity contribution is -0.122. The van der Waals surface area contributed by atoms with Gasteiger partial charge in [-0.15, -0.1) is 5.10 Å². The molecule has 1 aromatic rings. The van der Waals surface area contributed by atoms with Crippen molar-refractivity contribution in [3.63, 3.8) is 0 Å². The molecule has 1 unspecified atom stereocenters. The molecule has 0 saturated carbocycles. The number of nitrogens with one attached hydrogen (secondary N) is 1. The Morgan fingerprint density at radius 1 is 1.45 bits per heavy atom. The van der Waals surface area contributed by atoms with Crippen LogP contribution in [0.5, 0.6) is 0 Å². The minimum Gasteiger partial charge on any atom is -0.476 e. The van der Waals surface area contributed by atoms with Crippen LogP contribution in [0.25, 0.3) is 0 Å². The first-order chi connectivity index (χ1) is 9.17. The van der Waals surface area contributed by atoms with E-state index in [0.717, 1.165) is 12.8 Å². The number of aromatic nitrogens is 3. The molecule has 1 atom stereocenters. The second-order valence-corrected chi connectivity index (χ2v) is 6.17. The molecular weight excluding hydrogens is 260 g/mol. The average molecular weight is 282 g/mol. The number of nitrogens with zero attached hydrogens (tertiary/aromatic N) is 3. The molecule has 0 aliphatic heterocycles. The van der Waals surface area contributed by atoms with Crippen LogP contribution in [0.3, 0.4) is 0 Å². The van der Waals surface area contributed by atoms with Gasteiger partial charge in [0.05, 0.1) is 6.20 Å². The Labute approximate surface area is 118 Å². The molecule has 7 heteroatoms. The molecule has 1 aromatic heterocycles. The molecule has 1 rings (SSSR count). The number of rotatable bonds is 6. The number of carbonyl (C=O) groups excluding carboxylic acids is 1.